The van der Waals surface area contributed by atoms with Crippen LogP contribution in [0.4, 0.5) is 0 Å². The maximum Gasteiger partial charge on any atom is 0.122 e. The summed E-state index contributed by atoms with van der Waals surface area (Å²) in [5.74, 6) is 0. The molecule has 1 heterocycles. The number of aromatic nitrogens is 1. The highest BCUT2D eigenvalue weighted by atomic mass is 32.1. The molecule has 2 aromatic carbocycles. The second-order valence-corrected chi connectivity index (χ2v) is 7.28. The summed E-state index contributed by atoms with van der Waals surface area (Å²) in [5.41, 5.74) is 3.76. The first-order valence-electron chi connectivity index (χ1n) is 9.10. The zero-order valence-electron chi connectivity index (χ0n) is 15.5. The van der Waals surface area contributed by atoms with Crippen molar-refractivity contribution in [3.8, 4) is 0 Å². The molecule has 136 valence electrons. The molecule has 0 aliphatic carbocycles. The van der Waals surface area contributed by atoms with Crippen LogP contribution in [-0.2, 0) is 24.4 Å². The fourth-order valence-corrected chi connectivity index (χ4v) is 3.80. The van der Waals surface area contributed by atoms with E-state index in [0.717, 1.165) is 30.3 Å². The molecule has 0 aliphatic heterocycles. The smallest absolute Gasteiger partial charge is 0.122 e. The van der Waals surface area contributed by atoms with Gasteiger partial charge in [0, 0.05) is 31.6 Å². The molecule has 0 saturated heterocycles. The van der Waals surface area contributed by atoms with E-state index in [0.29, 0.717) is 6.61 Å². The number of ether oxygens (including phenoxy) is 1. The summed E-state index contributed by atoms with van der Waals surface area (Å²) >= 11 is 1.69. The van der Waals surface area contributed by atoms with Gasteiger partial charge in [-0.2, -0.15) is 0 Å². The summed E-state index contributed by atoms with van der Waals surface area (Å²) < 4.78 is 5.67. The third-order valence-electron chi connectivity index (χ3n) is 4.22. The SMILES string of the molecule is CCOC(C)c1nc(CN(Cc2ccccc2)Cc2ccccc2)cs1. The molecule has 1 atom stereocenters. The van der Waals surface area contributed by atoms with Gasteiger partial charge in [0.2, 0.25) is 0 Å². The minimum absolute atomic E-state index is 0.0652. The minimum atomic E-state index is 0.0652. The van der Waals surface area contributed by atoms with Crippen LogP contribution in [0.3, 0.4) is 0 Å². The summed E-state index contributed by atoms with van der Waals surface area (Å²) in [6.07, 6.45) is 0.0652. The van der Waals surface area contributed by atoms with Gasteiger partial charge in [0.1, 0.15) is 11.1 Å². The highest BCUT2D eigenvalue weighted by Gasteiger charge is 2.14. The summed E-state index contributed by atoms with van der Waals surface area (Å²) in [4.78, 5) is 7.24. The van der Waals surface area contributed by atoms with Crippen molar-refractivity contribution in [1.29, 1.82) is 0 Å². The van der Waals surface area contributed by atoms with Gasteiger partial charge in [0.15, 0.2) is 0 Å². The molecule has 0 aliphatic rings. The van der Waals surface area contributed by atoms with Gasteiger partial charge in [-0.15, -0.1) is 11.3 Å². The Kier molecular flexibility index (Phi) is 6.95. The van der Waals surface area contributed by atoms with E-state index in [1.807, 2.05) is 6.92 Å². The molecule has 0 fully saturated rings. The minimum Gasteiger partial charge on any atom is -0.372 e. The number of hydrogen-bond acceptors (Lipinski definition) is 4. The van der Waals surface area contributed by atoms with Gasteiger partial charge in [-0.05, 0) is 25.0 Å². The quantitative estimate of drug-likeness (QED) is 0.504. The van der Waals surface area contributed by atoms with Crippen LogP contribution in [0.5, 0.6) is 0 Å². The van der Waals surface area contributed by atoms with E-state index in [4.69, 9.17) is 9.72 Å². The fraction of sp³-hybridized carbons (Fsp3) is 0.318. The number of thiazole rings is 1. The Bertz CT molecular complexity index is 732. The molecule has 0 N–H and O–H groups in total. The first kappa shape index (κ1) is 18.8. The molecular formula is C22H26N2OS. The van der Waals surface area contributed by atoms with Crippen molar-refractivity contribution in [3.63, 3.8) is 0 Å². The number of benzene rings is 2. The molecule has 0 amide bonds. The Labute approximate surface area is 160 Å². The summed E-state index contributed by atoms with van der Waals surface area (Å²) in [5, 5.41) is 3.22. The van der Waals surface area contributed by atoms with Gasteiger partial charge in [-0.3, -0.25) is 4.90 Å². The maximum atomic E-state index is 5.67. The van der Waals surface area contributed by atoms with Gasteiger partial charge >= 0.3 is 0 Å². The number of nitrogens with zero attached hydrogens (tertiary/aromatic N) is 2. The van der Waals surface area contributed by atoms with Crippen LogP contribution in [0, 0.1) is 0 Å². The molecule has 3 aromatic rings. The Balaban J connectivity index is 1.72. The summed E-state index contributed by atoms with van der Waals surface area (Å²) in [6, 6.07) is 21.2. The average molecular weight is 367 g/mol. The first-order chi connectivity index (χ1) is 12.7. The Hall–Kier alpha value is -2.01. The lowest BCUT2D eigenvalue weighted by Gasteiger charge is -2.22. The van der Waals surface area contributed by atoms with Crippen molar-refractivity contribution in [2.24, 2.45) is 0 Å². The summed E-state index contributed by atoms with van der Waals surface area (Å²) in [7, 11) is 0. The molecule has 26 heavy (non-hydrogen) atoms. The van der Waals surface area contributed by atoms with Crippen molar-refractivity contribution < 1.29 is 4.74 Å². The fourth-order valence-electron chi connectivity index (χ4n) is 2.98. The second-order valence-electron chi connectivity index (χ2n) is 6.39. The number of rotatable bonds is 9. The molecular weight excluding hydrogens is 340 g/mol. The van der Waals surface area contributed by atoms with Crippen LogP contribution in [0.25, 0.3) is 0 Å². The summed E-state index contributed by atoms with van der Waals surface area (Å²) in [6.45, 7) is 7.45. The van der Waals surface area contributed by atoms with Gasteiger partial charge in [0.05, 0.1) is 5.69 Å². The zero-order chi connectivity index (χ0) is 18.2. The molecule has 3 rings (SSSR count). The predicted molar refractivity (Wildman–Crippen MR) is 108 cm³/mol. The van der Waals surface area contributed by atoms with E-state index >= 15 is 0 Å². The third kappa shape index (κ3) is 5.49. The topological polar surface area (TPSA) is 25.4 Å². The maximum absolute atomic E-state index is 5.67. The van der Waals surface area contributed by atoms with Crippen LogP contribution in [0.2, 0.25) is 0 Å². The normalized spacial score (nSPS) is 12.4. The van der Waals surface area contributed by atoms with Crippen LogP contribution in [0.1, 0.15) is 41.8 Å². The van der Waals surface area contributed by atoms with Gasteiger partial charge in [0.25, 0.3) is 0 Å². The second kappa shape index (κ2) is 9.62. The van der Waals surface area contributed by atoms with E-state index in [2.05, 4.69) is 77.9 Å². The highest BCUT2D eigenvalue weighted by molar-refractivity contribution is 7.09. The molecule has 0 spiro atoms. The lowest BCUT2D eigenvalue weighted by molar-refractivity contribution is 0.0760. The Morgan fingerprint density at radius 1 is 0.923 bits per heavy atom. The monoisotopic (exact) mass is 366 g/mol. The Morgan fingerprint density at radius 2 is 1.50 bits per heavy atom. The predicted octanol–water partition coefficient (Wildman–Crippen LogP) is 5.44. The van der Waals surface area contributed by atoms with Crippen LogP contribution in [-0.4, -0.2) is 16.5 Å². The number of hydrogen-bond donors (Lipinski definition) is 0. The van der Waals surface area contributed by atoms with Crippen molar-refractivity contribution in [1.82, 2.24) is 9.88 Å². The van der Waals surface area contributed by atoms with Crippen molar-refractivity contribution in [2.45, 2.75) is 39.6 Å². The van der Waals surface area contributed by atoms with Gasteiger partial charge in [-0.1, -0.05) is 60.7 Å². The van der Waals surface area contributed by atoms with E-state index in [1.54, 1.807) is 11.3 Å². The Morgan fingerprint density at radius 3 is 2.04 bits per heavy atom. The van der Waals surface area contributed by atoms with Crippen LogP contribution < -0.4 is 0 Å². The average Bonchev–Trinajstić information content (AvgIpc) is 3.12. The molecule has 0 radical (unpaired) electrons. The largest absolute Gasteiger partial charge is 0.372 e. The lowest BCUT2D eigenvalue weighted by Crippen LogP contribution is -2.22. The van der Waals surface area contributed by atoms with Gasteiger partial charge < -0.3 is 4.74 Å². The lowest BCUT2D eigenvalue weighted by atomic mass is 10.1. The standard InChI is InChI=1S/C22H26N2OS/c1-3-25-18(2)22-23-21(17-26-22)16-24(14-19-10-6-4-7-11-19)15-20-12-8-5-9-13-20/h4-13,17-18H,3,14-16H2,1-2H3. The van der Waals surface area contributed by atoms with Crippen molar-refractivity contribution >= 4 is 11.3 Å². The van der Waals surface area contributed by atoms with Crippen molar-refractivity contribution in [3.05, 3.63) is 87.9 Å². The van der Waals surface area contributed by atoms with E-state index in [1.165, 1.54) is 11.1 Å². The first-order valence-corrected chi connectivity index (χ1v) is 9.98. The highest BCUT2D eigenvalue weighted by Crippen LogP contribution is 2.22. The van der Waals surface area contributed by atoms with Crippen LogP contribution in [0.15, 0.2) is 66.0 Å². The molecule has 0 saturated carbocycles. The van der Waals surface area contributed by atoms with E-state index in [9.17, 15) is 0 Å². The molecule has 4 heteroatoms. The van der Waals surface area contributed by atoms with E-state index < -0.39 is 0 Å². The molecule has 1 unspecified atom stereocenters. The van der Waals surface area contributed by atoms with Gasteiger partial charge in [-0.25, -0.2) is 4.98 Å². The zero-order valence-corrected chi connectivity index (χ0v) is 16.3. The molecule has 3 nitrogen and oxygen atoms in total. The van der Waals surface area contributed by atoms with Crippen molar-refractivity contribution in [2.75, 3.05) is 6.61 Å². The third-order valence-corrected chi connectivity index (χ3v) is 5.27. The van der Waals surface area contributed by atoms with E-state index in [-0.39, 0.29) is 6.10 Å². The molecule has 0 bridgehead atoms. The molecule has 1 aromatic heterocycles. The van der Waals surface area contributed by atoms with Crippen LogP contribution >= 0.6 is 11.3 Å².